The Morgan fingerprint density at radius 1 is 0.692 bits per heavy atom. The number of rotatable bonds is 8. The molecule has 2 fully saturated rings. The van der Waals surface area contributed by atoms with Crippen molar-refractivity contribution < 1.29 is 0 Å². The molecule has 2 rings (SSSR count). The average molecular weight is 234 g/mol. The molecule has 3 heteroatoms. The molecule has 0 aliphatic heterocycles. The van der Waals surface area contributed by atoms with Crippen molar-refractivity contribution in [2.45, 2.75) is 36.2 Å². The molecule has 0 heterocycles. The van der Waals surface area contributed by atoms with E-state index in [0.717, 1.165) is 10.5 Å². The van der Waals surface area contributed by atoms with E-state index in [2.05, 4.69) is 35.3 Å². The minimum absolute atomic E-state index is 1.06. The summed E-state index contributed by atoms with van der Waals surface area (Å²) >= 11 is 6.53. The molecule has 0 radical (unpaired) electrons. The van der Waals surface area contributed by atoms with Crippen molar-refractivity contribution in [1.82, 2.24) is 0 Å². The highest BCUT2D eigenvalue weighted by Gasteiger charge is 2.21. The zero-order valence-electron chi connectivity index (χ0n) is 8.04. The highest BCUT2D eigenvalue weighted by atomic mass is 32.2. The van der Waals surface area contributed by atoms with Crippen molar-refractivity contribution in [2.24, 2.45) is 0 Å². The van der Waals surface area contributed by atoms with E-state index in [1.54, 1.807) is 0 Å². The van der Waals surface area contributed by atoms with E-state index in [9.17, 15) is 0 Å². The summed E-state index contributed by atoms with van der Waals surface area (Å²) in [4.78, 5) is 0. The smallest absolute Gasteiger partial charge is 0.00481 e. The van der Waals surface area contributed by atoms with Crippen LogP contribution in [0, 0.1) is 0 Å². The standard InChI is InChI=1S/C10H18S3/c1-2-9(1)12-7-5-11-6-8-13-10-3-4-10/h9-10H,1-8H2. The summed E-state index contributed by atoms with van der Waals surface area (Å²) in [5, 5.41) is 2.11. The lowest BCUT2D eigenvalue weighted by molar-refractivity contribution is 1.43. The Morgan fingerprint density at radius 3 is 1.54 bits per heavy atom. The normalized spacial score (nSPS) is 22.2. The van der Waals surface area contributed by atoms with E-state index in [1.807, 2.05) is 0 Å². The largest absolute Gasteiger partial charge is 0.160 e. The molecule has 0 saturated heterocycles. The van der Waals surface area contributed by atoms with Gasteiger partial charge in [-0.1, -0.05) is 0 Å². The van der Waals surface area contributed by atoms with Gasteiger partial charge < -0.3 is 0 Å². The van der Waals surface area contributed by atoms with Crippen LogP contribution in [0.2, 0.25) is 0 Å². The van der Waals surface area contributed by atoms with Crippen LogP contribution < -0.4 is 0 Å². The number of thioether (sulfide) groups is 3. The van der Waals surface area contributed by atoms with Gasteiger partial charge in [0.05, 0.1) is 0 Å². The van der Waals surface area contributed by atoms with Crippen LogP contribution in [-0.4, -0.2) is 33.5 Å². The number of hydrogen-bond acceptors (Lipinski definition) is 3. The van der Waals surface area contributed by atoms with Crippen LogP contribution in [0.4, 0.5) is 0 Å². The third-order valence-corrected chi connectivity index (χ3v) is 6.48. The van der Waals surface area contributed by atoms with Crippen LogP contribution in [-0.2, 0) is 0 Å². The molecule has 0 nitrogen and oxygen atoms in total. The van der Waals surface area contributed by atoms with Crippen molar-refractivity contribution in [3.8, 4) is 0 Å². The fourth-order valence-electron chi connectivity index (χ4n) is 1.12. The maximum Gasteiger partial charge on any atom is 0.00481 e. The van der Waals surface area contributed by atoms with Gasteiger partial charge in [-0.15, -0.1) is 0 Å². The van der Waals surface area contributed by atoms with E-state index in [-0.39, 0.29) is 0 Å². The van der Waals surface area contributed by atoms with Crippen LogP contribution >= 0.6 is 35.3 Å². The second-order valence-corrected chi connectivity index (χ2v) is 7.79. The van der Waals surface area contributed by atoms with Gasteiger partial charge in [-0.25, -0.2) is 0 Å². The van der Waals surface area contributed by atoms with Crippen LogP contribution in [0.15, 0.2) is 0 Å². The molecule has 0 aromatic heterocycles. The fourth-order valence-corrected chi connectivity index (χ4v) is 4.64. The monoisotopic (exact) mass is 234 g/mol. The van der Waals surface area contributed by atoms with Gasteiger partial charge in [0.25, 0.3) is 0 Å². The second kappa shape index (κ2) is 5.82. The Kier molecular flexibility index (Phi) is 4.73. The Bertz CT molecular complexity index is 125. The average Bonchev–Trinajstić information content (AvgIpc) is 2.99. The van der Waals surface area contributed by atoms with Gasteiger partial charge >= 0.3 is 0 Å². The Labute approximate surface area is 94.4 Å². The summed E-state index contributed by atoms with van der Waals surface area (Å²) < 4.78 is 0. The third kappa shape index (κ3) is 5.48. The molecule has 0 bridgehead atoms. The topological polar surface area (TPSA) is 0 Å². The molecular weight excluding hydrogens is 216 g/mol. The van der Waals surface area contributed by atoms with Crippen molar-refractivity contribution in [3.05, 3.63) is 0 Å². The molecule has 2 aliphatic rings. The van der Waals surface area contributed by atoms with E-state index in [0.29, 0.717) is 0 Å². The molecule has 0 N–H and O–H groups in total. The van der Waals surface area contributed by atoms with Gasteiger partial charge in [0.15, 0.2) is 0 Å². The highest BCUT2D eigenvalue weighted by molar-refractivity contribution is 8.04. The molecule has 0 aromatic rings. The summed E-state index contributed by atoms with van der Waals surface area (Å²) in [5.74, 6) is 5.55. The van der Waals surface area contributed by atoms with Crippen molar-refractivity contribution in [2.75, 3.05) is 23.0 Å². The van der Waals surface area contributed by atoms with Crippen molar-refractivity contribution in [1.29, 1.82) is 0 Å². The summed E-state index contributed by atoms with van der Waals surface area (Å²) in [6, 6.07) is 0. The second-order valence-electron chi connectivity index (χ2n) is 3.75. The van der Waals surface area contributed by atoms with Crippen LogP contribution in [0.25, 0.3) is 0 Å². The Balaban J connectivity index is 1.28. The van der Waals surface area contributed by atoms with Gasteiger partial charge in [0, 0.05) is 33.5 Å². The lowest BCUT2D eigenvalue weighted by Gasteiger charge is -2.00. The number of hydrogen-bond donors (Lipinski definition) is 0. The maximum absolute atomic E-state index is 2.19. The van der Waals surface area contributed by atoms with Crippen LogP contribution in [0.5, 0.6) is 0 Å². The Morgan fingerprint density at radius 2 is 1.15 bits per heavy atom. The molecule has 0 unspecified atom stereocenters. The van der Waals surface area contributed by atoms with Gasteiger partial charge in [-0.05, 0) is 25.7 Å². The summed E-state index contributed by atoms with van der Waals surface area (Å²) in [7, 11) is 0. The minimum atomic E-state index is 1.06. The lowest BCUT2D eigenvalue weighted by Crippen LogP contribution is -1.91. The summed E-state index contributed by atoms with van der Waals surface area (Å²) in [6.07, 6.45) is 5.97. The Hall–Kier alpha value is 1.05. The fraction of sp³-hybridized carbons (Fsp3) is 1.00. The van der Waals surface area contributed by atoms with Crippen LogP contribution in [0.3, 0.4) is 0 Å². The van der Waals surface area contributed by atoms with Gasteiger partial charge in [0.2, 0.25) is 0 Å². The predicted octanol–water partition coefficient (Wildman–Crippen LogP) is 3.51. The zero-order chi connectivity index (χ0) is 8.93. The van der Waals surface area contributed by atoms with E-state index >= 15 is 0 Å². The molecule has 13 heavy (non-hydrogen) atoms. The van der Waals surface area contributed by atoms with E-state index < -0.39 is 0 Å². The molecular formula is C10H18S3. The first-order valence-electron chi connectivity index (χ1n) is 5.26. The first kappa shape index (κ1) is 10.6. The quantitative estimate of drug-likeness (QED) is 0.590. The summed E-state index contributed by atoms with van der Waals surface area (Å²) in [6.45, 7) is 0. The van der Waals surface area contributed by atoms with Gasteiger partial charge in [-0.3, -0.25) is 0 Å². The van der Waals surface area contributed by atoms with E-state index in [1.165, 1.54) is 48.7 Å². The molecule has 0 spiro atoms. The van der Waals surface area contributed by atoms with Gasteiger partial charge in [0.1, 0.15) is 0 Å². The molecule has 0 atom stereocenters. The maximum atomic E-state index is 2.19. The van der Waals surface area contributed by atoms with Crippen molar-refractivity contribution in [3.63, 3.8) is 0 Å². The molecule has 0 aromatic carbocycles. The summed E-state index contributed by atoms with van der Waals surface area (Å²) in [5.41, 5.74) is 0. The third-order valence-electron chi connectivity index (χ3n) is 2.21. The van der Waals surface area contributed by atoms with Crippen LogP contribution in [0.1, 0.15) is 25.7 Å². The molecule has 76 valence electrons. The first-order valence-corrected chi connectivity index (χ1v) is 8.51. The zero-order valence-corrected chi connectivity index (χ0v) is 10.5. The molecule has 2 saturated carbocycles. The SMILES string of the molecule is C(CSC1CC1)SCCSC1CC1. The lowest BCUT2D eigenvalue weighted by atomic mass is 10.9. The minimum Gasteiger partial charge on any atom is -0.160 e. The predicted molar refractivity (Wildman–Crippen MR) is 68.3 cm³/mol. The van der Waals surface area contributed by atoms with E-state index in [4.69, 9.17) is 0 Å². The molecule has 0 amide bonds. The highest BCUT2D eigenvalue weighted by Crippen LogP contribution is 2.35. The molecule has 2 aliphatic carbocycles. The van der Waals surface area contributed by atoms with Gasteiger partial charge in [-0.2, -0.15) is 35.3 Å². The first-order chi connectivity index (χ1) is 6.45. The van der Waals surface area contributed by atoms with Crippen molar-refractivity contribution >= 4 is 35.3 Å².